The van der Waals surface area contributed by atoms with E-state index in [9.17, 15) is 19.1 Å². The van der Waals surface area contributed by atoms with Gasteiger partial charge in [-0.2, -0.15) is 0 Å². The smallest absolute Gasteiger partial charge is 0.312 e. The van der Waals surface area contributed by atoms with Crippen LogP contribution >= 0.6 is 0 Å². The zero-order valence-electron chi connectivity index (χ0n) is 14.9. The van der Waals surface area contributed by atoms with E-state index in [4.69, 9.17) is 0 Å². The molecule has 2 aromatic rings. The number of benzene rings is 2. The van der Waals surface area contributed by atoms with Crippen LogP contribution in [0.1, 0.15) is 40.3 Å². The molecular weight excluding hydrogens is 347 g/mol. The van der Waals surface area contributed by atoms with Crippen LogP contribution in [-0.2, 0) is 35.6 Å². The highest BCUT2D eigenvalue weighted by Gasteiger charge is 2.31. The second kappa shape index (κ2) is 7.12. The summed E-state index contributed by atoms with van der Waals surface area (Å²) in [6.45, 7) is 0.681. The van der Waals surface area contributed by atoms with Crippen LogP contribution in [0.25, 0.3) is 0 Å². The Bertz CT molecular complexity index is 898. The lowest BCUT2D eigenvalue weighted by atomic mass is 9.95. The molecule has 2 aromatic carbocycles. The van der Waals surface area contributed by atoms with Crippen molar-refractivity contribution in [2.45, 2.75) is 38.5 Å². The zero-order chi connectivity index (χ0) is 19.0. The summed E-state index contributed by atoms with van der Waals surface area (Å²) in [6.07, 6.45) is 1.80. The van der Waals surface area contributed by atoms with Gasteiger partial charge in [0.1, 0.15) is 5.82 Å². The topological polar surface area (TPSA) is 69.6 Å². The molecule has 4 rings (SSSR count). The van der Waals surface area contributed by atoms with Gasteiger partial charge in [0, 0.05) is 13.1 Å². The largest absolute Gasteiger partial charge is 0.392 e. The lowest BCUT2D eigenvalue weighted by Gasteiger charge is -2.30. The summed E-state index contributed by atoms with van der Waals surface area (Å²) < 4.78 is 13.9. The number of rotatable bonds is 2. The van der Waals surface area contributed by atoms with Crippen LogP contribution in [-0.4, -0.2) is 28.4 Å². The Kier molecular flexibility index (Phi) is 4.66. The summed E-state index contributed by atoms with van der Waals surface area (Å²) in [7, 11) is 0. The normalized spacial score (nSPS) is 18.0. The van der Waals surface area contributed by atoms with E-state index in [1.165, 1.54) is 11.0 Å². The average Bonchev–Trinajstić information content (AvgIpc) is 3.10. The first kappa shape index (κ1) is 17.7. The third-order valence-electron chi connectivity index (χ3n) is 5.54. The van der Waals surface area contributed by atoms with Crippen LogP contribution in [0.3, 0.4) is 0 Å². The minimum absolute atomic E-state index is 0.0954. The van der Waals surface area contributed by atoms with Gasteiger partial charge in [0.2, 0.25) is 0 Å². The van der Waals surface area contributed by atoms with Gasteiger partial charge in [-0.1, -0.05) is 30.3 Å². The van der Waals surface area contributed by atoms with Gasteiger partial charge in [-0.3, -0.25) is 9.59 Å². The number of fused-ring (bicyclic) bond motifs is 2. The Morgan fingerprint density at radius 3 is 2.78 bits per heavy atom. The molecule has 1 aliphatic heterocycles. The number of aliphatic hydroxyl groups excluding tert-OH is 1. The van der Waals surface area contributed by atoms with Crippen molar-refractivity contribution in [3.8, 4) is 0 Å². The number of amides is 2. The van der Waals surface area contributed by atoms with Gasteiger partial charge >= 0.3 is 11.8 Å². The Morgan fingerprint density at radius 2 is 1.96 bits per heavy atom. The molecular formula is C21H21FN2O3. The Labute approximate surface area is 156 Å². The number of hydrogen-bond acceptors (Lipinski definition) is 3. The van der Waals surface area contributed by atoms with Crippen LogP contribution in [0.4, 0.5) is 4.39 Å². The first-order valence-electron chi connectivity index (χ1n) is 9.16. The lowest BCUT2D eigenvalue weighted by Crippen LogP contribution is -2.46. The molecule has 2 N–H and O–H groups in total. The molecule has 0 bridgehead atoms. The van der Waals surface area contributed by atoms with E-state index in [2.05, 4.69) is 5.32 Å². The fourth-order valence-corrected chi connectivity index (χ4v) is 4.10. The highest BCUT2D eigenvalue weighted by molar-refractivity contribution is 6.35. The van der Waals surface area contributed by atoms with Gasteiger partial charge in [-0.05, 0) is 53.1 Å². The number of aliphatic hydroxyl groups is 1. The number of carbonyl (C=O) groups is 2. The number of carbonyl (C=O) groups excluding carboxylic acids is 2. The van der Waals surface area contributed by atoms with Crippen molar-refractivity contribution >= 4 is 11.8 Å². The van der Waals surface area contributed by atoms with Crippen molar-refractivity contribution in [2.24, 2.45) is 0 Å². The number of hydrogen-bond donors (Lipinski definition) is 2. The Morgan fingerprint density at radius 1 is 1.15 bits per heavy atom. The first-order chi connectivity index (χ1) is 13.1. The summed E-state index contributed by atoms with van der Waals surface area (Å²) >= 11 is 0. The van der Waals surface area contributed by atoms with Gasteiger partial charge in [-0.25, -0.2) is 4.39 Å². The zero-order valence-corrected chi connectivity index (χ0v) is 14.9. The monoisotopic (exact) mass is 368 g/mol. The van der Waals surface area contributed by atoms with Crippen LogP contribution in [0.5, 0.6) is 0 Å². The van der Waals surface area contributed by atoms with E-state index in [-0.39, 0.29) is 18.5 Å². The van der Waals surface area contributed by atoms with E-state index in [1.807, 2.05) is 18.2 Å². The maximum Gasteiger partial charge on any atom is 0.312 e. The fraction of sp³-hybridized carbons (Fsp3) is 0.333. The minimum Gasteiger partial charge on any atom is -0.392 e. The summed E-state index contributed by atoms with van der Waals surface area (Å²) in [4.78, 5) is 26.7. The number of nitrogens with zero attached hydrogens (tertiary/aromatic N) is 1. The summed E-state index contributed by atoms with van der Waals surface area (Å²) in [6, 6.07) is 10.2. The van der Waals surface area contributed by atoms with Crippen molar-refractivity contribution in [1.82, 2.24) is 10.2 Å². The maximum absolute atomic E-state index is 13.9. The first-order valence-corrected chi connectivity index (χ1v) is 9.16. The quantitative estimate of drug-likeness (QED) is 0.797. The summed E-state index contributed by atoms with van der Waals surface area (Å²) in [5.74, 6) is -1.51. The Hall–Kier alpha value is -2.73. The molecule has 0 aromatic heterocycles. The highest BCUT2D eigenvalue weighted by atomic mass is 19.1. The molecule has 1 heterocycles. The molecule has 0 fully saturated rings. The second-order valence-electron chi connectivity index (χ2n) is 7.06. The molecule has 2 aliphatic rings. The molecule has 5 nitrogen and oxygen atoms in total. The molecule has 0 spiro atoms. The van der Waals surface area contributed by atoms with Crippen molar-refractivity contribution < 1.29 is 19.1 Å². The van der Waals surface area contributed by atoms with Crippen molar-refractivity contribution in [3.05, 3.63) is 70.0 Å². The van der Waals surface area contributed by atoms with Gasteiger partial charge in [0.15, 0.2) is 0 Å². The molecule has 0 radical (unpaired) electrons. The van der Waals surface area contributed by atoms with E-state index in [0.717, 1.165) is 22.3 Å². The molecule has 0 saturated heterocycles. The standard InChI is InChI=1S/C21H21FN2O3/c22-18-6-2-5-16-15(18)7-8-19(16)23-20(26)21(27)24-10-9-13-3-1-4-14(12-25)17(13)11-24/h1-6,19,25H,7-12H2,(H,23,26). The van der Waals surface area contributed by atoms with Crippen LogP contribution in [0.2, 0.25) is 0 Å². The van der Waals surface area contributed by atoms with Gasteiger partial charge in [0.25, 0.3) is 0 Å². The lowest BCUT2D eigenvalue weighted by molar-refractivity contribution is -0.146. The maximum atomic E-state index is 13.9. The molecule has 27 heavy (non-hydrogen) atoms. The predicted octanol–water partition coefficient (Wildman–Crippen LogP) is 2.01. The third kappa shape index (κ3) is 3.21. The SMILES string of the molecule is O=C(NC1CCc2c(F)cccc21)C(=O)N1CCc2cccc(CO)c2C1. The van der Waals surface area contributed by atoms with E-state index in [1.54, 1.807) is 12.1 Å². The molecule has 2 amide bonds. The third-order valence-corrected chi connectivity index (χ3v) is 5.54. The van der Waals surface area contributed by atoms with Crippen molar-refractivity contribution in [3.63, 3.8) is 0 Å². The predicted molar refractivity (Wildman–Crippen MR) is 97.1 cm³/mol. The molecule has 0 saturated carbocycles. The molecule has 6 heteroatoms. The minimum atomic E-state index is -0.665. The molecule has 1 atom stereocenters. The molecule has 1 aliphatic carbocycles. The van der Waals surface area contributed by atoms with Gasteiger partial charge in [-0.15, -0.1) is 0 Å². The number of halogens is 1. The summed E-state index contributed by atoms with van der Waals surface area (Å²) in [5, 5.41) is 12.3. The van der Waals surface area contributed by atoms with E-state index >= 15 is 0 Å². The average molecular weight is 368 g/mol. The summed E-state index contributed by atoms with van der Waals surface area (Å²) in [5.41, 5.74) is 4.18. The fourth-order valence-electron chi connectivity index (χ4n) is 4.10. The van der Waals surface area contributed by atoms with Gasteiger partial charge < -0.3 is 15.3 Å². The van der Waals surface area contributed by atoms with Crippen molar-refractivity contribution in [1.29, 1.82) is 0 Å². The van der Waals surface area contributed by atoms with Crippen LogP contribution in [0, 0.1) is 5.82 Å². The van der Waals surface area contributed by atoms with Crippen LogP contribution < -0.4 is 5.32 Å². The second-order valence-corrected chi connectivity index (χ2v) is 7.06. The highest BCUT2D eigenvalue weighted by Crippen LogP contribution is 2.32. The molecule has 1 unspecified atom stereocenters. The van der Waals surface area contributed by atoms with E-state index in [0.29, 0.717) is 37.9 Å². The van der Waals surface area contributed by atoms with Crippen molar-refractivity contribution in [2.75, 3.05) is 6.54 Å². The van der Waals surface area contributed by atoms with Crippen LogP contribution in [0.15, 0.2) is 36.4 Å². The number of nitrogens with one attached hydrogen (secondary N) is 1. The van der Waals surface area contributed by atoms with Gasteiger partial charge in [0.05, 0.1) is 12.6 Å². The molecule has 140 valence electrons. The Balaban J connectivity index is 1.47. The van der Waals surface area contributed by atoms with E-state index < -0.39 is 11.8 Å².